The van der Waals surface area contributed by atoms with Gasteiger partial charge in [-0.25, -0.2) is 0 Å². The molecule has 0 aromatic carbocycles. The fraction of sp³-hybridized carbons (Fsp3) is 0.667. The first-order valence-electron chi connectivity index (χ1n) is 1.94. The van der Waals surface area contributed by atoms with Crippen LogP contribution >= 0.6 is 0 Å². The van der Waals surface area contributed by atoms with Gasteiger partial charge in [0, 0.05) is 0 Å². The van der Waals surface area contributed by atoms with Gasteiger partial charge in [-0.15, -0.1) is 0 Å². The van der Waals surface area contributed by atoms with Crippen LogP contribution in [0.1, 0.15) is 0 Å². The van der Waals surface area contributed by atoms with E-state index in [0.717, 1.165) is 0 Å². The molecule has 0 aromatic rings. The summed E-state index contributed by atoms with van der Waals surface area (Å²) in [5.41, 5.74) is 8.79. The van der Waals surface area contributed by atoms with Crippen molar-refractivity contribution in [2.24, 2.45) is 5.73 Å². The van der Waals surface area contributed by atoms with E-state index in [4.69, 9.17) is 5.73 Å². The van der Waals surface area contributed by atoms with Crippen LogP contribution in [-0.2, 0) is 0 Å². The topological polar surface area (TPSA) is 43.1 Å². The Morgan fingerprint density at radius 1 is 1.67 bits per heavy atom. The Morgan fingerprint density at radius 3 is 1.83 bits per heavy atom. The molecule has 0 aliphatic carbocycles. The van der Waals surface area contributed by atoms with Gasteiger partial charge in [-0.1, -0.05) is 0 Å². The summed E-state index contributed by atoms with van der Waals surface area (Å²) in [6.07, 6.45) is 0. The SMILES string of the molecule is [CH3][Ga]([CH3])[C](N)=O. The molecule has 0 aliphatic rings. The average molecular weight is 144 g/mol. The van der Waals surface area contributed by atoms with Gasteiger partial charge >= 0.3 is 42.2 Å². The van der Waals surface area contributed by atoms with Gasteiger partial charge in [-0.05, 0) is 0 Å². The van der Waals surface area contributed by atoms with Crippen LogP contribution in [0.2, 0.25) is 11.0 Å². The van der Waals surface area contributed by atoms with Crippen molar-refractivity contribution in [3.05, 3.63) is 0 Å². The fourth-order valence-electron chi connectivity index (χ4n) is 0. The van der Waals surface area contributed by atoms with Gasteiger partial charge in [0.2, 0.25) is 0 Å². The number of amides is 1. The summed E-state index contributed by atoms with van der Waals surface area (Å²) in [6, 6.07) is 0. The van der Waals surface area contributed by atoms with E-state index < -0.39 is 16.2 Å². The van der Waals surface area contributed by atoms with Gasteiger partial charge < -0.3 is 0 Å². The molecular formula is C3H8GaNO. The van der Waals surface area contributed by atoms with E-state index in [2.05, 4.69) is 0 Å². The van der Waals surface area contributed by atoms with Gasteiger partial charge in [-0.2, -0.15) is 0 Å². The third-order valence-corrected chi connectivity index (χ3v) is 2.96. The van der Waals surface area contributed by atoms with Crippen molar-refractivity contribution in [2.75, 3.05) is 0 Å². The number of carbonyl (C=O) groups is 1. The van der Waals surface area contributed by atoms with E-state index in [9.17, 15) is 4.79 Å². The molecule has 0 heterocycles. The van der Waals surface area contributed by atoms with Crippen LogP contribution in [0, 0.1) is 0 Å². The average Bonchev–Trinajstić information content (AvgIpc) is 1.36. The fourth-order valence-corrected chi connectivity index (χ4v) is 0. The van der Waals surface area contributed by atoms with Crippen molar-refractivity contribution >= 4 is 20.7 Å². The first-order chi connectivity index (χ1) is 2.64. The Hall–Kier alpha value is 0.106. The van der Waals surface area contributed by atoms with E-state index in [-0.39, 0.29) is 4.46 Å². The van der Waals surface area contributed by atoms with Crippen LogP contribution < -0.4 is 5.73 Å². The second-order valence-electron chi connectivity index (χ2n) is 1.56. The Kier molecular flexibility index (Phi) is 2.35. The van der Waals surface area contributed by atoms with Crippen LogP contribution in [0.25, 0.3) is 0 Å². The number of nitrogens with two attached hydrogens (primary N) is 1. The third-order valence-electron chi connectivity index (χ3n) is 0.569. The second-order valence-corrected chi connectivity index (χ2v) is 7.60. The van der Waals surface area contributed by atoms with Crippen molar-refractivity contribution < 1.29 is 4.79 Å². The molecule has 1 amide bonds. The van der Waals surface area contributed by atoms with E-state index in [1.54, 1.807) is 0 Å². The molecule has 0 spiro atoms. The molecule has 0 fully saturated rings. The third kappa shape index (κ3) is 2.35. The molecule has 0 saturated heterocycles. The zero-order valence-electron chi connectivity index (χ0n) is 4.06. The van der Waals surface area contributed by atoms with Crippen LogP contribution in [0.4, 0.5) is 4.79 Å². The molecule has 6 heavy (non-hydrogen) atoms. The van der Waals surface area contributed by atoms with Gasteiger partial charge in [0.05, 0.1) is 0 Å². The normalized spacial score (nSPS) is 7.67. The van der Waals surface area contributed by atoms with Crippen LogP contribution in [0.3, 0.4) is 0 Å². The van der Waals surface area contributed by atoms with Crippen LogP contribution in [-0.4, -0.2) is 20.7 Å². The Balaban J connectivity index is 3.26. The molecule has 0 bridgehead atoms. The summed E-state index contributed by atoms with van der Waals surface area (Å²) in [5, 5.41) is 0. The molecule has 34 valence electrons. The monoisotopic (exact) mass is 143 g/mol. The molecule has 0 unspecified atom stereocenters. The van der Waals surface area contributed by atoms with Gasteiger partial charge in [0.15, 0.2) is 0 Å². The second kappa shape index (κ2) is 2.31. The van der Waals surface area contributed by atoms with Crippen LogP contribution in [0.15, 0.2) is 0 Å². The maximum atomic E-state index is 10.0. The Bertz CT molecular complexity index is 61.8. The summed E-state index contributed by atoms with van der Waals surface area (Å²) in [4.78, 5) is 10.0. The number of hydrogen-bond donors (Lipinski definition) is 1. The molecule has 0 atom stereocenters. The van der Waals surface area contributed by atoms with Gasteiger partial charge in [0.1, 0.15) is 0 Å². The maximum absolute atomic E-state index is 10.0. The minimum absolute atomic E-state index is 0.0532. The van der Waals surface area contributed by atoms with E-state index in [0.29, 0.717) is 0 Å². The minimum atomic E-state index is -1.49. The molecular weight excluding hydrogens is 136 g/mol. The van der Waals surface area contributed by atoms with Gasteiger partial charge in [0.25, 0.3) is 0 Å². The van der Waals surface area contributed by atoms with E-state index in [1.165, 1.54) is 0 Å². The first kappa shape index (κ1) is 6.11. The predicted octanol–water partition coefficient (Wildman–Crippen LogP) is 0.401. The predicted molar refractivity (Wildman–Crippen MR) is 27.1 cm³/mol. The van der Waals surface area contributed by atoms with Crippen molar-refractivity contribution in [3.8, 4) is 0 Å². The number of primary amides is 1. The zero-order valence-corrected chi connectivity index (χ0v) is 6.49. The summed E-state index contributed by atoms with van der Waals surface area (Å²) < 4.78 is -0.0532. The van der Waals surface area contributed by atoms with Crippen LogP contribution in [0.5, 0.6) is 0 Å². The molecule has 0 saturated carbocycles. The van der Waals surface area contributed by atoms with E-state index in [1.807, 2.05) is 11.0 Å². The molecule has 0 rings (SSSR count). The summed E-state index contributed by atoms with van der Waals surface area (Å²) in [6.45, 7) is 0. The zero-order chi connectivity index (χ0) is 5.15. The number of hydrogen-bond acceptors (Lipinski definition) is 1. The van der Waals surface area contributed by atoms with Crippen molar-refractivity contribution in [2.45, 2.75) is 11.0 Å². The summed E-state index contributed by atoms with van der Waals surface area (Å²) in [5.74, 6) is 0. The van der Waals surface area contributed by atoms with E-state index >= 15 is 0 Å². The number of carbonyl (C=O) groups excluding carboxylic acids is 1. The standard InChI is InChI=1S/CH2NO.2CH3.Ga/c2-1-3;;;/h(H2,2,3);2*1H3;. The molecule has 2 nitrogen and oxygen atoms in total. The Morgan fingerprint density at radius 2 is 1.83 bits per heavy atom. The molecule has 0 aliphatic heterocycles. The molecule has 0 aromatic heterocycles. The first-order valence-corrected chi connectivity index (χ1v) is 7.99. The molecule has 0 radical (unpaired) electrons. The quantitative estimate of drug-likeness (QED) is 0.531. The molecule has 2 N–H and O–H groups in total. The number of rotatable bonds is 1. The van der Waals surface area contributed by atoms with Crippen molar-refractivity contribution in [3.63, 3.8) is 0 Å². The van der Waals surface area contributed by atoms with Gasteiger partial charge in [-0.3, -0.25) is 0 Å². The van der Waals surface area contributed by atoms with Crippen molar-refractivity contribution in [1.29, 1.82) is 0 Å². The molecule has 3 heteroatoms. The summed E-state index contributed by atoms with van der Waals surface area (Å²) >= 11 is -1.49. The Labute approximate surface area is 42.7 Å². The van der Waals surface area contributed by atoms with Crippen molar-refractivity contribution in [1.82, 2.24) is 0 Å². The summed E-state index contributed by atoms with van der Waals surface area (Å²) in [7, 11) is 0.